The van der Waals surface area contributed by atoms with Gasteiger partial charge in [-0.05, 0) is 56.2 Å². The Hall–Kier alpha value is -4.37. The molecule has 2 heterocycles. The highest BCUT2D eigenvalue weighted by Gasteiger charge is 2.35. The number of para-hydroxylation sites is 1. The molecule has 212 valence electrons. The van der Waals surface area contributed by atoms with Gasteiger partial charge in [0.15, 0.2) is 0 Å². The summed E-state index contributed by atoms with van der Waals surface area (Å²) < 4.78 is 33.3. The quantitative estimate of drug-likeness (QED) is 0.205. The molecule has 11 heteroatoms. The van der Waals surface area contributed by atoms with Gasteiger partial charge in [0.05, 0.1) is 16.3 Å². The molecule has 2 amide bonds. The van der Waals surface area contributed by atoms with Gasteiger partial charge in [-0.25, -0.2) is 17.4 Å². The lowest BCUT2D eigenvalue weighted by atomic mass is 9.93. The number of hydrogen-bond acceptors (Lipinski definition) is 7. The Bertz CT molecular complexity index is 1660. The zero-order valence-electron chi connectivity index (χ0n) is 23.4. The lowest BCUT2D eigenvalue weighted by Crippen LogP contribution is -2.43. The number of nitrogens with zero attached hydrogens (tertiary/aromatic N) is 5. The standard InChI is InChI=1S/C30H31N5O5S/c1-5-40-17-9-16-34-29(36)26(21(2)27(19-31)30(34)37)18-23-20-35(24-10-7-6-8-11-24)32-28(23)22-12-14-25(15-13-22)41(38,39)33(3)4/h6-8,10-15,18,20H,5,9,16-17H2,1-4H3/b26-18+. The van der Waals surface area contributed by atoms with Gasteiger partial charge < -0.3 is 4.74 Å². The SMILES string of the molecule is CCOCCCN1C(=O)C(C#N)=C(C)/C(=C\c2cn(-c3ccccc3)nc2-c2ccc(S(=O)(=O)N(C)C)cc2)C1=O. The van der Waals surface area contributed by atoms with E-state index in [0.717, 1.165) is 14.9 Å². The number of ether oxygens (including phenoxy) is 1. The Balaban J connectivity index is 1.84. The van der Waals surface area contributed by atoms with E-state index in [4.69, 9.17) is 9.84 Å². The highest BCUT2D eigenvalue weighted by atomic mass is 32.2. The van der Waals surface area contributed by atoms with Gasteiger partial charge in [0.25, 0.3) is 11.8 Å². The summed E-state index contributed by atoms with van der Waals surface area (Å²) in [5.41, 5.74) is 2.85. The molecule has 0 bridgehead atoms. The Kier molecular flexibility index (Phi) is 8.98. The van der Waals surface area contributed by atoms with Gasteiger partial charge in [-0.1, -0.05) is 30.3 Å². The van der Waals surface area contributed by atoms with Gasteiger partial charge in [0, 0.05) is 56.8 Å². The maximum atomic E-state index is 13.6. The first-order valence-corrected chi connectivity index (χ1v) is 14.5. The van der Waals surface area contributed by atoms with Gasteiger partial charge in [0.2, 0.25) is 10.0 Å². The van der Waals surface area contributed by atoms with Crippen LogP contribution >= 0.6 is 0 Å². The fraction of sp³-hybridized carbons (Fsp3) is 0.267. The molecule has 0 radical (unpaired) electrons. The summed E-state index contributed by atoms with van der Waals surface area (Å²) in [4.78, 5) is 27.8. The molecule has 0 unspecified atom stereocenters. The zero-order valence-corrected chi connectivity index (χ0v) is 24.2. The lowest BCUT2D eigenvalue weighted by molar-refractivity contribution is -0.140. The summed E-state index contributed by atoms with van der Waals surface area (Å²) in [7, 11) is -0.695. The van der Waals surface area contributed by atoms with Gasteiger partial charge in [-0.15, -0.1) is 0 Å². The summed E-state index contributed by atoms with van der Waals surface area (Å²) >= 11 is 0. The van der Waals surface area contributed by atoms with Crippen LogP contribution in [0.15, 0.2) is 82.4 Å². The van der Waals surface area contributed by atoms with Crippen molar-refractivity contribution in [1.29, 1.82) is 5.26 Å². The van der Waals surface area contributed by atoms with E-state index in [1.807, 2.05) is 43.3 Å². The summed E-state index contributed by atoms with van der Waals surface area (Å²) in [6, 6.07) is 17.7. The molecule has 0 fully saturated rings. The predicted octanol–water partition coefficient (Wildman–Crippen LogP) is 3.81. The number of benzene rings is 2. The van der Waals surface area contributed by atoms with E-state index in [1.54, 1.807) is 36.0 Å². The molecule has 0 atom stereocenters. The van der Waals surface area contributed by atoms with Crippen molar-refractivity contribution in [2.45, 2.75) is 25.2 Å². The molecule has 0 spiro atoms. The van der Waals surface area contributed by atoms with Gasteiger partial charge >= 0.3 is 0 Å². The number of nitriles is 1. The number of rotatable bonds is 10. The maximum absolute atomic E-state index is 13.6. The number of aromatic nitrogens is 2. The maximum Gasteiger partial charge on any atom is 0.271 e. The number of carbonyl (C=O) groups is 2. The fourth-order valence-electron chi connectivity index (χ4n) is 4.38. The van der Waals surface area contributed by atoms with Crippen LogP contribution in [0.1, 0.15) is 25.8 Å². The number of carbonyl (C=O) groups excluding carboxylic acids is 2. The molecule has 0 N–H and O–H groups in total. The van der Waals surface area contributed by atoms with E-state index in [2.05, 4.69) is 0 Å². The molecule has 10 nitrogen and oxygen atoms in total. The minimum Gasteiger partial charge on any atom is -0.382 e. The van der Waals surface area contributed by atoms with E-state index in [9.17, 15) is 23.3 Å². The summed E-state index contributed by atoms with van der Waals surface area (Å²) in [5, 5.41) is 14.5. The summed E-state index contributed by atoms with van der Waals surface area (Å²) in [6.07, 6.45) is 3.82. The van der Waals surface area contributed by atoms with Crippen molar-refractivity contribution < 1.29 is 22.7 Å². The second-order valence-electron chi connectivity index (χ2n) is 9.51. The fourth-order valence-corrected chi connectivity index (χ4v) is 5.28. The number of imide groups is 1. The van der Waals surface area contributed by atoms with Crippen LogP contribution in [0.2, 0.25) is 0 Å². The minimum atomic E-state index is -3.62. The Morgan fingerprint density at radius 3 is 2.34 bits per heavy atom. The number of sulfonamides is 1. The first kappa shape index (κ1) is 29.6. The third kappa shape index (κ3) is 6.05. The molecule has 4 rings (SSSR count). The van der Waals surface area contributed by atoms with Crippen LogP contribution in [-0.4, -0.2) is 73.1 Å². The van der Waals surface area contributed by atoms with Gasteiger partial charge in [0.1, 0.15) is 11.6 Å². The van der Waals surface area contributed by atoms with Crippen LogP contribution in [0.4, 0.5) is 0 Å². The largest absolute Gasteiger partial charge is 0.382 e. The third-order valence-electron chi connectivity index (χ3n) is 6.67. The summed E-state index contributed by atoms with van der Waals surface area (Å²) in [5.74, 6) is -1.13. The molecule has 3 aromatic rings. The van der Waals surface area contributed by atoms with Crippen molar-refractivity contribution in [2.75, 3.05) is 33.9 Å². The average molecular weight is 574 g/mol. The molecule has 0 saturated carbocycles. The first-order chi connectivity index (χ1) is 19.6. The van der Waals surface area contributed by atoms with Crippen molar-refractivity contribution in [2.24, 2.45) is 0 Å². The molecular weight excluding hydrogens is 542 g/mol. The molecular formula is C30H31N5O5S. The van der Waals surface area contributed by atoms with Crippen LogP contribution in [0.5, 0.6) is 0 Å². The van der Waals surface area contributed by atoms with E-state index in [0.29, 0.717) is 36.5 Å². The van der Waals surface area contributed by atoms with E-state index in [1.165, 1.54) is 26.2 Å². The smallest absolute Gasteiger partial charge is 0.271 e. The van der Waals surface area contributed by atoms with Crippen molar-refractivity contribution in [1.82, 2.24) is 19.0 Å². The number of amides is 2. The molecule has 1 aliphatic rings. The third-order valence-corrected chi connectivity index (χ3v) is 8.50. The van der Waals surface area contributed by atoms with Crippen molar-refractivity contribution >= 4 is 27.9 Å². The van der Waals surface area contributed by atoms with Crippen molar-refractivity contribution in [3.05, 3.63) is 83.1 Å². The summed E-state index contributed by atoms with van der Waals surface area (Å²) in [6.45, 7) is 4.46. The Labute approximate surface area is 239 Å². The number of hydrogen-bond donors (Lipinski definition) is 0. The Morgan fingerprint density at radius 1 is 1.05 bits per heavy atom. The predicted molar refractivity (Wildman–Crippen MR) is 154 cm³/mol. The van der Waals surface area contributed by atoms with Crippen LogP contribution in [-0.2, 0) is 24.3 Å². The van der Waals surface area contributed by atoms with Crippen LogP contribution in [0.25, 0.3) is 23.0 Å². The van der Waals surface area contributed by atoms with Crippen LogP contribution < -0.4 is 0 Å². The van der Waals surface area contributed by atoms with E-state index < -0.39 is 21.8 Å². The van der Waals surface area contributed by atoms with Crippen molar-refractivity contribution in [3.8, 4) is 23.0 Å². The Morgan fingerprint density at radius 2 is 1.73 bits per heavy atom. The minimum absolute atomic E-state index is 0.0949. The van der Waals surface area contributed by atoms with Crippen LogP contribution in [0, 0.1) is 11.3 Å². The molecule has 2 aromatic carbocycles. The molecule has 41 heavy (non-hydrogen) atoms. The van der Waals surface area contributed by atoms with Gasteiger partial charge in [-0.2, -0.15) is 10.4 Å². The monoisotopic (exact) mass is 573 g/mol. The first-order valence-electron chi connectivity index (χ1n) is 13.0. The molecule has 1 aromatic heterocycles. The second kappa shape index (κ2) is 12.4. The normalized spacial score (nSPS) is 15.2. The second-order valence-corrected chi connectivity index (χ2v) is 11.7. The van der Waals surface area contributed by atoms with Crippen molar-refractivity contribution in [3.63, 3.8) is 0 Å². The highest BCUT2D eigenvalue weighted by molar-refractivity contribution is 7.89. The average Bonchev–Trinajstić information content (AvgIpc) is 3.39. The van der Waals surface area contributed by atoms with Crippen LogP contribution in [0.3, 0.4) is 0 Å². The highest BCUT2D eigenvalue weighted by Crippen LogP contribution is 2.32. The molecule has 1 aliphatic heterocycles. The molecule has 0 saturated heterocycles. The topological polar surface area (TPSA) is 126 Å². The van der Waals surface area contributed by atoms with Gasteiger partial charge in [-0.3, -0.25) is 14.5 Å². The van der Waals surface area contributed by atoms with E-state index in [-0.39, 0.29) is 28.2 Å². The zero-order chi connectivity index (χ0) is 29.7. The molecule has 0 aliphatic carbocycles. The lowest BCUT2D eigenvalue weighted by Gasteiger charge is -2.27. The van der Waals surface area contributed by atoms with E-state index >= 15 is 0 Å².